The fourth-order valence-electron chi connectivity index (χ4n) is 2.82. The van der Waals surface area contributed by atoms with Crippen LogP contribution >= 0.6 is 11.6 Å². The van der Waals surface area contributed by atoms with Crippen LogP contribution in [0.3, 0.4) is 0 Å². The van der Waals surface area contributed by atoms with Crippen LogP contribution in [0.25, 0.3) is 0 Å². The van der Waals surface area contributed by atoms with Crippen molar-refractivity contribution in [1.82, 2.24) is 0 Å². The molecule has 21 heavy (non-hydrogen) atoms. The van der Waals surface area contributed by atoms with Gasteiger partial charge in [0.15, 0.2) is 0 Å². The summed E-state index contributed by atoms with van der Waals surface area (Å²) in [5.74, 6) is 0.990. The van der Waals surface area contributed by atoms with E-state index in [4.69, 9.17) is 21.7 Å². The lowest BCUT2D eigenvalue weighted by atomic mass is 9.99. The van der Waals surface area contributed by atoms with Gasteiger partial charge in [0.1, 0.15) is 11.9 Å². The molecule has 0 bridgehead atoms. The molecule has 1 heterocycles. The predicted octanol–water partition coefficient (Wildman–Crippen LogP) is 4.97. The number of nitrogens with one attached hydrogen (secondary N) is 1. The molecule has 1 N–H and O–H groups in total. The van der Waals surface area contributed by atoms with Crippen LogP contribution in [-0.4, -0.2) is 5.71 Å². The van der Waals surface area contributed by atoms with Gasteiger partial charge in [-0.2, -0.15) is 0 Å². The molecule has 1 unspecified atom stereocenters. The molecule has 0 radical (unpaired) electrons. The Morgan fingerprint density at radius 2 is 2.14 bits per heavy atom. The van der Waals surface area contributed by atoms with Gasteiger partial charge >= 0.3 is 0 Å². The van der Waals surface area contributed by atoms with Crippen LogP contribution < -0.4 is 4.74 Å². The summed E-state index contributed by atoms with van der Waals surface area (Å²) < 4.78 is 6.18. The van der Waals surface area contributed by atoms with E-state index in [-0.39, 0.29) is 6.10 Å². The number of benzene rings is 2. The molecule has 2 nitrogen and oxygen atoms in total. The van der Waals surface area contributed by atoms with Gasteiger partial charge in [-0.1, -0.05) is 36.7 Å². The lowest BCUT2D eigenvalue weighted by Crippen LogP contribution is -2.05. The number of rotatable bonds is 3. The van der Waals surface area contributed by atoms with Crippen LogP contribution in [0.2, 0.25) is 5.02 Å². The molecule has 2 aromatic rings. The molecule has 3 heteroatoms. The van der Waals surface area contributed by atoms with Crippen molar-refractivity contribution in [3.05, 3.63) is 63.7 Å². The van der Waals surface area contributed by atoms with E-state index < -0.39 is 0 Å². The first-order valence-corrected chi connectivity index (χ1v) is 7.59. The van der Waals surface area contributed by atoms with E-state index in [0.717, 1.165) is 34.7 Å². The fraction of sp³-hybridized carbons (Fsp3) is 0.278. The molecule has 0 aromatic heterocycles. The number of aryl methyl sites for hydroxylation is 1. The SMILES string of the molecule is CCc1cc(Cl)cc2c1OC(c1cccc(C(C)=N)c1)C2. The number of fused-ring (bicyclic) bond motifs is 1. The molecular weight excluding hydrogens is 282 g/mol. The normalized spacial score (nSPS) is 16.4. The monoisotopic (exact) mass is 299 g/mol. The van der Waals surface area contributed by atoms with Crippen LogP contribution in [0.4, 0.5) is 0 Å². The average Bonchev–Trinajstić information content (AvgIpc) is 2.90. The Balaban J connectivity index is 1.94. The largest absolute Gasteiger partial charge is 0.485 e. The third-order valence-electron chi connectivity index (χ3n) is 3.95. The van der Waals surface area contributed by atoms with Crippen LogP contribution in [0.1, 0.15) is 42.2 Å². The molecule has 3 rings (SSSR count). The zero-order valence-corrected chi connectivity index (χ0v) is 13.0. The van der Waals surface area contributed by atoms with Crippen LogP contribution in [-0.2, 0) is 12.8 Å². The van der Waals surface area contributed by atoms with Gasteiger partial charge in [0.25, 0.3) is 0 Å². The Bertz CT molecular complexity index is 708. The summed E-state index contributed by atoms with van der Waals surface area (Å²) in [7, 11) is 0. The van der Waals surface area contributed by atoms with Gasteiger partial charge < -0.3 is 10.1 Å². The molecule has 1 atom stereocenters. The molecule has 1 aliphatic rings. The van der Waals surface area contributed by atoms with E-state index in [1.807, 2.05) is 30.3 Å². The molecule has 0 aliphatic carbocycles. The first kappa shape index (κ1) is 14.2. The third kappa shape index (κ3) is 2.68. The average molecular weight is 300 g/mol. The minimum Gasteiger partial charge on any atom is -0.485 e. The summed E-state index contributed by atoms with van der Waals surface area (Å²) in [5, 5.41) is 8.54. The molecule has 0 spiro atoms. The van der Waals surface area contributed by atoms with E-state index in [1.54, 1.807) is 6.92 Å². The first-order valence-electron chi connectivity index (χ1n) is 7.22. The van der Waals surface area contributed by atoms with Crippen molar-refractivity contribution in [2.75, 3.05) is 0 Å². The molecule has 0 amide bonds. The summed E-state index contributed by atoms with van der Waals surface area (Å²) in [6.07, 6.45) is 1.77. The van der Waals surface area contributed by atoms with Gasteiger partial charge in [-0.05, 0) is 53.8 Å². The lowest BCUT2D eigenvalue weighted by molar-refractivity contribution is 0.237. The van der Waals surface area contributed by atoms with Gasteiger partial charge in [-0.15, -0.1) is 0 Å². The zero-order valence-electron chi connectivity index (χ0n) is 12.2. The molecule has 0 saturated carbocycles. The van der Waals surface area contributed by atoms with E-state index in [1.165, 1.54) is 11.1 Å². The van der Waals surface area contributed by atoms with Crippen molar-refractivity contribution in [1.29, 1.82) is 5.41 Å². The van der Waals surface area contributed by atoms with Gasteiger partial charge in [-0.3, -0.25) is 0 Å². The van der Waals surface area contributed by atoms with Crippen LogP contribution in [0.5, 0.6) is 5.75 Å². The number of halogens is 1. The molecule has 2 aromatic carbocycles. The number of hydrogen-bond donors (Lipinski definition) is 1. The maximum Gasteiger partial charge on any atom is 0.128 e. The second-order valence-corrected chi connectivity index (χ2v) is 5.90. The van der Waals surface area contributed by atoms with Gasteiger partial charge in [0.2, 0.25) is 0 Å². The summed E-state index contributed by atoms with van der Waals surface area (Å²) in [6.45, 7) is 3.92. The maximum absolute atomic E-state index is 7.77. The summed E-state index contributed by atoms with van der Waals surface area (Å²) in [4.78, 5) is 0. The highest BCUT2D eigenvalue weighted by molar-refractivity contribution is 6.30. The van der Waals surface area contributed by atoms with Crippen LogP contribution in [0, 0.1) is 5.41 Å². The smallest absolute Gasteiger partial charge is 0.128 e. The van der Waals surface area contributed by atoms with Crippen molar-refractivity contribution in [3.63, 3.8) is 0 Å². The van der Waals surface area contributed by atoms with Gasteiger partial charge in [0.05, 0.1) is 0 Å². The highest BCUT2D eigenvalue weighted by Crippen LogP contribution is 2.41. The topological polar surface area (TPSA) is 33.1 Å². The number of hydrogen-bond acceptors (Lipinski definition) is 2. The van der Waals surface area contributed by atoms with Crippen molar-refractivity contribution >= 4 is 17.3 Å². The molecule has 108 valence electrons. The summed E-state index contributed by atoms with van der Waals surface area (Å²) in [6, 6.07) is 12.1. The van der Waals surface area contributed by atoms with Crippen molar-refractivity contribution in [2.24, 2.45) is 0 Å². The van der Waals surface area contributed by atoms with Gasteiger partial charge in [-0.25, -0.2) is 0 Å². The molecule has 0 fully saturated rings. The van der Waals surface area contributed by atoms with Crippen LogP contribution in [0.15, 0.2) is 36.4 Å². The molecule has 0 saturated heterocycles. The minimum atomic E-state index is 0.0167. The first-order chi connectivity index (χ1) is 10.1. The molecule has 1 aliphatic heterocycles. The lowest BCUT2D eigenvalue weighted by Gasteiger charge is -2.13. The van der Waals surface area contributed by atoms with Crippen molar-refractivity contribution in [2.45, 2.75) is 32.8 Å². The Morgan fingerprint density at radius 1 is 1.33 bits per heavy atom. The van der Waals surface area contributed by atoms with Gasteiger partial charge in [0, 0.05) is 17.2 Å². The molecular formula is C18H18ClNO. The Morgan fingerprint density at radius 3 is 2.86 bits per heavy atom. The third-order valence-corrected chi connectivity index (χ3v) is 4.16. The van der Waals surface area contributed by atoms with E-state index in [0.29, 0.717) is 5.71 Å². The van der Waals surface area contributed by atoms with Crippen molar-refractivity contribution < 1.29 is 4.74 Å². The Kier molecular flexibility index (Phi) is 3.73. The maximum atomic E-state index is 7.77. The minimum absolute atomic E-state index is 0.0167. The highest BCUT2D eigenvalue weighted by Gasteiger charge is 2.27. The predicted molar refractivity (Wildman–Crippen MR) is 86.8 cm³/mol. The Labute approximate surface area is 130 Å². The zero-order chi connectivity index (χ0) is 15.0. The van der Waals surface area contributed by atoms with E-state index in [9.17, 15) is 0 Å². The quantitative estimate of drug-likeness (QED) is 0.798. The van der Waals surface area contributed by atoms with E-state index >= 15 is 0 Å². The summed E-state index contributed by atoms with van der Waals surface area (Å²) >= 11 is 6.18. The fourth-order valence-corrected chi connectivity index (χ4v) is 3.08. The second kappa shape index (κ2) is 5.53. The summed E-state index contributed by atoms with van der Waals surface area (Å²) in [5.41, 5.74) is 4.99. The number of ether oxygens (including phenoxy) is 1. The standard InChI is InChI=1S/C18H18ClNO/c1-3-12-8-16(19)9-15-10-17(21-18(12)15)14-6-4-5-13(7-14)11(2)20/h4-9,17,20H,3,10H2,1-2H3. The van der Waals surface area contributed by atoms with Crippen molar-refractivity contribution in [3.8, 4) is 5.75 Å². The van der Waals surface area contributed by atoms with E-state index in [2.05, 4.69) is 13.0 Å². The Hall–Kier alpha value is -1.80. The second-order valence-electron chi connectivity index (χ2n) is 5.47. The highest BCUT2D eigenvalue weighted by atomic mass is 35.5.